The number of halogens is 4. The van der Waals surface area contributed by atoms with Gasteiger partial charge >= 0.3 is 12.1 Å². The number of alkyl halides is 4. The van der Waals surface area contributed by atoms with Crippen LogP contribution in [0.25, 0.3) is 0 Å². The predicted molar refractivity (Wildman–Crippen MR) is 132 cm³/mol. The molecule has 3 aromatic carbocycles. The summed E-state index contributed by atoms with van der Waals surface area (Å²) in [7, 11) is 0. The first-order valence-corrected chi connectivity index (χ1v) is 11.9. The zero-order valence-electron chi connectivity index (χ0n) is 19.4. The molecule has 180 valence electrons. The second-order valence-corrected chi connectivity index (χ2v) is 10.6. The van der Waals surface area contributed by atoms with E-state index in [1.54, 1.807) is 24.3 Å². The van der Waals surface area contributed by atoms with Gasteiger partial charge in [-0.3, -0.25) is 4.79 Å². The van der Waals surface area contributed by atoms with Crippen molar-refractivity contribution in [2.45, 2.75) is 55.9 Å². The van der Waals surface area contributed by atoms with E-state index < -0.39 is 16.1 Å². The van der Waals surface area contributed by atoms with Gasteiger partial charge in [0.15, 0.2) is 0 Å². The summed E-state index contributed by atoms with van der Waals surface area (Å²) in [5.41, 5.74) is 2.44. The molecule has 6 heteroatoms. The van der Waals surface area contributed by atoms with Crippen molar-refractivity contribution < 1.29 is 22.7 Å². The third-order valence-corrected chi connectivity index (χ3v) is 6.85. The quantitative estimate of drug-likeness (QED) is 0.165. The number of hydrogen-bond donors (Lipinski definition) is 0. The summed E-state index contributed by atoms with van der Waals surface area (Å²) in [6, 6.07) is 23.0. The average molecular weight is 533 g/mol. The lowest BCUT2D eigenvalue weighted by Crippen LogP contribution is -2.19. The molecule has 3 unspecified atom stereocenters. The number of carbonyl (C=O) groups excluding carboxylic acids is 1. The maximum atomic E-state index is 13.0. The van der Waals surface area contributed by atoms with Crippen LogP contribution in [0, 0.1) is 0 Å². The smallest absolute Gasteiger partial charge is 0.416 e. The highest BCUT2D eigenvalue weighted by Crippen LogP contribution is 2.44. The Hall–Kier alpha value is -2.60. The molecule has 3 rings (SSSR count). The van der Waals surface area contributed by atoms with Crippen LogP contribution in [0.5, 0.6) is 5.75 Å². The zero-order valence-corrected chi connectivity index (χ0v) is 21.0. The molecule has 2 nitrogen and oxygen atoms in total. The number of hydrogen-bond acceptors (Lipinski definition) is 2. The van der Waals surface area contributed by atoms with Gasteiger partial charge in [0.1, 0.15) is 5.75 Å². The predicted octanol–water partition coefficient (Wildman–Crippen LogP) is 8.61. The lowest BCUT2D eigenvalue weighted by atomic mass is 9.79. The van der Waals surface area contributed by atoms with Crippen molar-refractivity contribution in [3.05, 3.63) is 101 Å². The lowest BCUT2D eigenvalue weighted by molar-refractivity contribution is -0.137. The number of benzene rings is 3. The van der Waals surface area contributed by atoms with Gasteiger partial charge in [-0.25, -0.2) is 0 Å². The van der Waals surface area contributed by atoms with E-state index in [0.717, 1.165) is 29.7 Å². The van der Waals surface area contributed by atoms with Crippen LogP contribution >= 0.6 is 15.9 Å². The molecular weight excluding hydrogens is 505 g/mol. The molecular formula is C28H28BrF3O2. The number of esters is 1. The van der Waals surface area contributed by atoms with Gasteiger partial charge in [-0.15, -0.1) is 0 Å². The van der Waals surface area contributed by atoms with E-state index in [2.05, 4.69) is 35.0 Å². The molecule has 3 atom stereocenters. The third-order valence-electron chi connectivity index (χ3n) is 6.06. The van der Waals surface area contributed by atoms with Crippen LogP contribution in [0.2, 0.25) is 0 Å². The monoisotopic (exact) mass is 532 g/mol. The summed E-state index contributed by atoms with van der Waals surface area (Å²) < 4.78 is 43.7. The lowest BCUT2D eigenvalue weighted by Gasteiger charge is -2.31. The second kappa shape index (κ2) is 10.8. The van der Waals surface area contributed by atoms with Crippen LogP contribution in [-0.4, -0.2) is 5.97 Å². The van der Waals surface area contributed by atoms with Crippen molar-refractivity contribution in [3.63, 3.8) is 0 Å². The Bertz CT molecular complexity index is 1080. The Morgan fingerprint density at radius 1 is 0.882 bits per heavy atom. The first kappa shape index (κ1) is 26.0. The fourth-order valence-electron chi connectivity index (χ4n) is 4.24. The Labute approximate surface area is 207 Å². The highest BCUT2D eigenvalue weighted by Gasteiger charge is 2.33. The van der Waals surface area contributed by atoms with E-state index in [0.29, 0.717) is 12.2 Å². The van der Waals surface area contributed by atoms with Gasteiger partial charge < -0.3 is 4.74 Å². The van der Waals surface area contributed by atoms with E-state index in [-0.39, 0.29) is 17.8 Å². The Kier molecular flexibility index (Phi) is 8.24. The molecule has 0 aliphatic carbocycles. The SMILES string of the molecule is CC(=O)Oc1ccc(C(CC(C)c2ccccc2)CC(C)(Br)c2ccc(C(F)(F)F)cc2)cc1. The highest BCUT2D eigenvalue weighted by atomic mass is 79.9. The van der Waals surface area contributed by atoms with E-state index in [9.17, 15) is 18.0 Å². The topological polar surface area (TPSA) is 26.3 Å². The molecule has 3 aromatic rings. The molecule has 0 fully saturated rings. The van der Waals surface area contributed by atoms with Crippen molar-refractivity contribution >= 4 is 21.9 Å². The van der Waals surface area contributed by atoms with Gasteiger partial charge in [-0.1, -0.05) is 77.5 Å². The highest BCUT2D eigenvalue weighted by molar-refractivity contribution is 9.09. The van der Waals surface area contributed by atoms with Gasteiger partial charge in [0.2, 0.25) is 0 Å². The molecule has 0 bridgehead atoms. The summed E-state index contributed by atoms with van der Waals surface area (Å²) in [6.07, 6.45) is -2.85. The molecule has 0 N–H and O–H groups in total. The fraction of sp³-hybridized carbons (Fsp3) is 0.321. The summed E-state index contributed by atoms with van der Waals surface area (Å²) in [6.45, 7) is 5.53. The van der Waals surface area contributed by atoms with E-state index in [1.807, 2.05) is 37.3 Å². The standard InChI is InChI=1S/C28H28BrF3O2/c1-19(21-7-5-4-6-8-21)17-23(22-9-15-26(16-10-22)34-20(2)33)18-27(3,29)24-11-13-25(14-12-24)28(30,31)32/h4-16,19,23H,17-18H2,1-3H3. The van der Waals surface area contributed by atoms with Crippen molar-refractivity contribution in [2.75, 3.05) is 0 Å². The summed E-state index contributed by atoms with van der Waals surface area (Å²) in [4.78, 5) is 11.3. The molecule has 34 heavy (non-hydrogen) atoms. The van der Waals surface area contributed by atoms with Gasteiger partial charge in [0.25, 0.3) is 0 Å². The zero-order chi connectivity index (χ0) is 24.9. The van der Waals surface area contributed by atoms with E-state index >= 15 is 0 Å². The van der Waals surface area contributed by atoms with Crippen molar-refractivity contribution in [3.8, 4) is 5.75 Å². The number of carbonyl (C=O) groups is 1. The van der Waals surface area contributed by atoms with Gasteiger partial charge in [0.05, 0.1) is 5.56 Å². The number of rotatable bonds is 8. The average Bonchev–Trinajstić information content (AvgIpc) is 2.79. The maximum Gasteiger partial charge on any atom is 0.416 e. The van der Waals surface area contributed by atoms with E-state index in [4.69, 9.17) is 4.74 Å². The van der Waals surface area contributed by atoms with E-state index in [1.165, 1.54) is 12.5 Å². The maximum absolute atomic E-state index is 13.0. The molecule has 0 spiro atoms. The van der Waals surface area contributed by atoms with Gasteiger partial charge in [-0.05, 0) is 72.6 Å². The van der Waals surface area contributed by atoms with Crippen LogP contribution in [0.4, 0.5) is 13.2 Å². The molecule has 0 saturated carbocycles. The third kappa shape index (κ3) is 6.95. The van der Waals surface area contributed by atoms with Crippen LogP contribution in [-0.2, 0) is 15.3 Å². The molecule has 0 aliphatic rings. The minimum atomic E-state index is -4.36. The van der Waals surface area contributed by atoms with Crippen LogP contribution < -0.4 is 4.74 Å². The van der Waals surface area contributed by atoms with Crippen LogP contribution in [0.15, 0.2) is 78.9 Å². The summed E-state index contributed by atoms with van der Waals surface area (Å²) >= 11 is 3.81. The Balaban J connectivity index is 1.88. The number of ether oxygens (including phenoxy) is 1. The first-order chi connectivity index (χ1) is 16.0. The van der Waals surface area contributed by atoms with Crippen molar-refractivity contribution in [1.82, 2.24) is 0 Å². The van der Waals surface area contributed by atoms with Crippen LogP contribution in [0.3, 0.4) is 0 Å². The van der Waals surface area contributed by atoms with Crippen molar-refractivity contribution in [2.24, 2.45) is 0 Å². The van der Waals surface area contributed by atoms with Gasteiger partial charge in [0, 0.05) is 11.2 Å². The Morgan fingerprint density at radius 3 is 1.97 bits per heavy atom. The summed E-state index contributed by atoms with van der Waals surface area (Å²) in [5, 5.41) is 0. The first-order valence-electron chi connectivity index (χ1n) is 11.2. The van der Waals surface area contributed by atoms with Crippen LogP contribution in [0.1, 0.15) is 67.7 Å². The van der Waals surface area contributed by atoms with Crippen molar-refractivity contribution in [1.29, 1.82) is 0 Å². The minimum absolute atomic E-state index is 0.105. The Morgan fingerprint density at radius 2 is 1.44 bits per heavy atom. The normalized spacial score (nSPS) is 15.3. The molecule has 0 radical (unpaired) electrons. The summed E-state index contributed by atoms with van der Waals surface area (Å²) in [5.74, 6) is 0.483. The minimum Gasteiger partial charge on any atom is -0.427 e. The molecule has 0 saturated heterocycles. The molecule has 0 heterocycles. The fourth-order valence-corrected chi connectivity index (χ4v) is 4.90. The van der Waals surface area contributed by atoms with Gasteiger partial charge in [-0.2, -0.15) is 13.2 Å². The molecule has 0 amide bonds. The second-order valence-electron chi connectivity index (χ2n) is 8.88. The largest absolute Gasteiger partial charge is 0.427 e. The molecule has 0 aliphatic heterocycles. The molecule has 0 aromatic heterocycles.